The van der Waals surface area contributed by atoms with Crippen molar-refractivity contribution in [3.8, 4) is 0 Å². The zero-order valence-corrected chi connectivity index (χ0v) is 18.0. The second kappa shape index (κ2) is 9.31. The van der Waals surface area contributed by atoms with Crippen molar-refractivity contribution >= 4 is 34.8 Å². The van der Waals surface area contributed by atoms with E-state index in [1.165, 1.54) is 34.4 Å². The minimum absolute atomic E-state index is 0.300. The number of nitrogens with zero attached hydrogens (tertiary/aromatic N) is 1. The summed E-state index contributed by atoms with van der Waals surface area (Å²) in [6, 6.07) is 22.7. The first kappa shape index (κ1) is 21.1. The molecule has 2 amide bonds. The lowest BCUT2D eigenvalue weighted by atomic mass is 10.1. The van der Waals surface area contributed by atoms with Crippen molar-refractivity contribution in [3.05, 3.63) is 101 Å². The molecule has 0 saturated carbocycles. The maximum absolute atomic E-state index is 13.5. The molecule has 4 rings (SSSR count). The van der Waals surface area contributed by atoms with E-state index in [2.05, 4.69) is 6.92 Å². The molecule has 156 valence electrons. The number of carbonyl (C=O) groups excluding carboxylic acids is 2. The van der Waals surface area contributed by atoms with Crippen LogP contribution < -0.4 is 4.90 Å². The van der Waals surface area contributed by atoms with Gasteiger partial charge in [-0.25, -0.2) is 9.29 Å². The first-order valence-corrected chi connectivity index (χ1v) is 11.1. The summed E-state index contributed by atoms with van der Waals surface area (Å²) >= 11 is 1.26. The molecular weight excluding hydrogens is 409 g/mol. The predicted octanol–water partition coefficient (Wildman–Crippen LogP) is 6.25. The van der Waals surface area contributed by atoms with Gasteiger partial charge in [-0.05, 0) is 60.4 Å². The highest BCUT2D eigenvalue weighted by atomic mass is 32.2. The molecular formula is C26H22FNO2S. The van der Waals surface area contributed by atoms with E-state index in [0.29, 0.717) is 21.7 Å². The van der Waals surface area contributed by atoms with Gasteiger partial charge in [0, 0.05) is 4.90 Å². The van der Waals surface area contributed by atoms with E-state index in [1.54, 1.807) is 12.1 Å². The summed E-state index contributed by atoms with van der Waals surface area (Å²) in [5, 5.41) is 0. The van der Waals surface area contributed by atoms with Gasteiger partial charge in [-0.15, -0.1) is 0 Å². The number of amides is 2. The van der Waals surface area contributed by atoms with Crippen molar-refractivity contribution in [3.63, 3.8) is 0 Å². The first-order valence-electron chi connectivity index (χ1n) is 10.3. The van der Waals surface area contributed by atoms with E-state index in [1.807, 2.05) is 54.6 Å². The molecule has 0 aromatic heterocycles. The van der Waals surface area contributed by atoms with E-state index in [4.69, 9.17) is 0 Å². The van der Waals surface area contributed by atoms with Gasteiger partial charge in [0.1, 0.15) is 5.82 Å². The molecule has 0 aliphatic carbocycles. The summed E-state index contributed by atoms with van der Waals surface area (Å²) < 4.78 is 13.5. The zero-order valence-electron chi connectivity index (χ0n) is 17.2. The monoisotopic (exact) mass is 431 g/mol. The molecule has 31 heavy (non-hydrogen) atoms. The molecule has 1 aliphatic heterocycles. The molecule has 0 saturated heterocycles. The van der Waals surface area contributed by atoms with Crippen molar-refractivity contribution in [2.75, 3.05) is 4.90 Å². The Bertz CT molecular complexity index is 1120. The average Bonchev–Trinajstić information content (AvgIpc) is 3.03. The van der Waals surface area contributed by atoms with Crippen molar-refractivity contribution < 1.29 is 14.0 Å². The number of benzene rings is 3. The number of thioether (sulfide) groups is 1. The normalized spacial score (nSPS) is 13.9. The molecule has 0 radical (unpaired) electrons. The summed E-state index contributed by atoms with van der Waals surface area (Å²) in [4.78, 5) is 29.2. The fourth-order valence-corrected chi connectivity index (χ4v) is 4.52. The highest BCUT2D eigenvalue weighted by Crippen LogP contribution is 2.41. The Labute approximate surface area is 185 Å². The highest BCUT2D eigenvalue weighted by molar-refractivity contribution is 8.04. The predicted molar refractivity (Wildman–Crippen MR) is 123 cm³/mol. The van der Waals surface area contributed by atoms with E-state index in [0.717, 1.165) is 24.2 Å². The van der Waals surface area contributed by atoms with Crippen molar-refractivity contribution in [2.45, 2.75) is 31.1 Å². The number of hydrogen-bond acceptors (Lipinski definition) is 3. The van der Waals surface area contributed by atoms with Gasteiger partial charge >= 0.3 is 0 Å². The van der Waals surface area contributed by atoms with Crippen LogP contribution in [0.25, 0.3) is 5.57 Å². The van der Waals surface area contributed by atoms with Gasteiger partial charge < -0.3 is 0 Å². The number of imide groups is 1. The Kier molecular flexibility index (Phi) is 6.33. The van der Waals surface area contributed by atoms with Gasteiger partial charge in [0.05, 0.1) is 16.2 Å². The van der Waals surface area contributed by atoms with Gasteiger partial charge in [-0.1, -0.05) is 67.6 Å². The van der Waals surface area contributed by atoms with E-state index in [9.17, 15) is 14.0 Å². The Morgan fingerprint density at radius 3 is 2.16 bits per heavy atom. The number of unbranched alkanes of at least 4 members (excludes halogenated alkanes) is 1. The van der Waals surface area contributed by atoms with Crippen molar-refractivity contribution in [1.82, 2.24) is 0 Å². The van der Waals surface area contributed by atoms with Gasteiger partial charge in [-0.2, -0.15) is 0 Å². The number of rotatable bonds is 7. The van der Waals surface area contributed by atoms with E-state index < -0.39 is 11.7 Å². The fraction of sp³-hybridized carbons (Fsp3) is 0.154. The standard InChI is InChI=1S/C26H22FNO2S/c1-2-3-7-18-10-16-21(17-11-18)28-25(29)23(19-12-14-20(27)15-13-19)24(26(28)30)31-22-8-5-4-6-9-22/h4-6,8-17H,2-3,7H2,1H3. The van der Waals surface area contributed by atoms with Crippen LogP contribution in [-0.2, 0) is 16.0 Å². The molecule has 1 aliphatic rings. The molecule has 0 atom stereocenters. The van der Waals surface area contributed by atoms with E-state index in [-0.39, 0.29) is 5.91 Å². The smallest absolute Gasteiger partial charge is 0.268 e. The van der Waals surface area contributed by atoms with Crippen molar-refractivity contribution in [1.29, 1.82) is 0 Å². The van der Waals surface area contributed by atoms with Gasteiger partial charge in [0.25, 0.3) is 11.8 Å². The Morgan fingerprint density at radius 1 is 0.839 bits per heavy atom. The average molecular weight is 432 g/mol. The third kappa shape index (κ3) is 4.47. The van der Waals surface area contributed by atoms with Crippen LogP contribution in [0.4, 0.5) is 10.1 Å². The number of halogens is 1. The summed E-state index contributed by atoms with van der Waals surface area (Å²) in [7, 11) is 0. The molecule has 3 nitrogen and oxygen atoms in total. The SMILES string of the molecule is CCCCc1ccc(N2C(=O)C(Sc3ccccc3)=C(c3ccc(F)cc3)C2=O)cc1. The van der Waals surface area contributed by atoms with Crippen LogP contribution in [0.3, 0.4) is 0 Å². The molecule has 5 heteroatoms. The molecule has 0 unspecified atom stereocenters. The third-order valence-electron chi connectivity index (χ3n) is 5.15. The molecule has 0 bridgehead atoms. The lowest BCUT2D eigenvalue weighted by molar-refractivity contribution is -0.119. The minimum Gasteiger partial charge on any atom is -0.268 e. The Balaban J connectivity index is 1.72. The van der Waals surface area contributed by atoms with Crippen LogP contribution in [0, 0.1) is 5.82 Å². The number of anilines is 1. The lowest BCUT2D eigenvalue weighted by Crippen LogP contribution is -2.31. The summed E-state index contributed by atoms with van der Waals surface area (Å²) in [5.74, 6) is -1.14. The highest BCUT2D eigenvalue weighted by Gasteiger charge is 2.40. The van der Waals surface area contributed by atoms with Crippen LogP contribution >= 0.6 is 11.8 Å². The minimum atomic E-state index is -0.392. The molecule has 3 aromatic rings. The summed E-state index contributed by atoms with van der Waals surface area (Å²) in [6.07, 6.45) is 3.16. The number of hydrogen-bond donors (Lipinski definition) is 0. The van der Waals surface area contributed by atoms with Gasteiger partial charge in [0.2, 0.25) is 0 Å². The molecule has 1 heterocycles. The second-order valence-corrected chi connectivity index (χ2v) is 8.43. The van der Waals surface area contributed by atoms with Gasteiger partial charge in [-0.3, -0.25) is 9.59 Å². The molecule has 0 spiro atoms. The van der Waals surface area contributed by atoms with Crippen LogP contribution in [0.5, 0.6) is 0 Å². The molecule has 0 fully saturated rings. The van der Waals surface area contributed by atoms with Crippen LogP contribution in [0.15, 0.2) is 88.7 Å². The van der Waals surface area contributed by atoms with Gasteiger partial charge in [0.15, 0.2) is 0 Å². The maximum atomic E-state index is 13.5. The number of carbonyl (C=O) groups is 2. The lowest BCUT2D eigenvalue weighted by Gasteiger charge is -2.16. The summed E-state index contributed by atoms with van der Waals surface area (Å²) in [5.41, 5.74) is 2.54. The third-order valence-corrected chi connectivity index (χ3v) is 6.24. The number of aryl methyl sites for hydroxylation is 1. The Hall–Kier alpha value is -3.18. The maximum Gasteiger partial charge on any atom is 0.272 e. The fourth-order valence-electron chi connectivity index (χ4n) is 3.51. The summed E-state index contributed by atoms with van der Waals surface area (Å²) in [6.45, 7) is 2.14. The van der Waals surface area contributed by atoms with Crippen LogP contribution in [0.2, 0.25) is 0 Å². The molecule has 3 aromatic carbocycles. The second-order valence-electron chi connectivity index (χ2n) is 7.34. The van der Waals surface area contributed by atoms with Crippen molar-refractivity contribution in [2.24, 2.45) is 0 Å². The van der Waals surface area contributed by atoms with E-state index >= 15 is 0 Å². The topological polar surface area (TPSA) is 37.4 Å². The van der Waals surface area contributed by atoms with Crippen LogP contribution in [0.1, 0.15) is 30.9 Å². The van der Waals surface area contributed by atoms with Crippen LogP contribution in [-0.4, -0.2) is 11.8 Å². The molecule has 0 N–H and O–H groups in total. The quantitative estimate of drug-likeness (QED) is 0.415. The Morgan fingerprint density at radius 2 is 1.52 bits per heavy atom. The largest absolute Gasteiger partial charge is 0.272 e. The zero-order chi connectivity index (χ0) is 21.8. The first-order chi connectivity index (χ1) is 15.1.